The Morgan fingerprint density at radius 1 is 1.18 bits per heavy atom. The fourth-order valence-electron chi connectivity index (χ4n) is 3.36. The van der Waals surface area contributed by atoms with Crippen molar-refractivity contribution in [2.24, 2.45) is 5.92 Å². The number of benzene rings is 2. The van der Waals surface area contributed by atoms with E-state index >= 15 is 0 Å². The molecule has 0 aromatic heterocycles. The number of nitrogens with one attached hydrogen (secondary N) is 1. The van der Waals surface area contributed by atoms with Crippen LogP contribution in [0.5, 0.6) is 0 Å². The lowest BCUT2D eigenvalue weighted by Gasteiger charge is -2.32. The molecule has 0 unspecified atom stereocenters. The SMILES string of the molecule is N#C/C(=C/Nc1ccc(F)cc1F)C(=O)N1CCC(Cc2ccccc2)CC1. The number of nitriles is 1. The number of hydrogen-bond acceptors (Lipinski definition) is 3. The number of halogens is 2. The van der Waals surface area contributed by atoms with Crippen molar-refractivity contribution >= 4 is 11.6 Å². The van der Waals surface area contributed by atoms with E-state index in [1.165, 1.54) is 17.8 Å². The highest BCUT2D eigenvalue weighted by Crippen LogP contribution is 2.23. The highest BCUT2D eigenvalue weighted by atomic mass is 19.1. The molecule has 28 heavy (non-hydrogen) atoms. The van der Waals surface area contributed by atoms with E-state index in [4.69, 9.17) is 0 Å². The van der Waals surface area contributed by atoms with E-state index in [9.17, 15) is 18.8 Å². The Morgan fingerprint density at radius 2 is 1.89 bits per heavy atom. The minimum Gasteiger partial charge on any atom is -0.358 e. The van der Waals surface area contributed by atoms with Gasteiger partial charge in [0.1, 0.15) is 23.3 Å². The van der Waals surface area contributed by atoms with Crippen LogP contribution < -0.4 is 5.32 Å². The predicted octanol–water partition coefficient (Wildman–Crippen LogP) is 4.27. The zero-order valence-electron chi connectivity index (χ0n) is 15.4. The maximum absolute atomic E-state index is 13.7. The summed E-state index contributed by atoms with van der Waals surface area (Å²) in [6, 6.07) is 15.2. The first kappa shape index (κ1) is 19.6. The van der Waals surface area contributed by atoms with E-state index < -0.39 is 11.6 Å². The molecular formula is C22H21F2N3O. The molecule has 4 nitrogen and oxygen atoms in total. The van der Waals surface area contributed by atoms with E-state index in [0.717, 1.165) is 31.4 Å². The number of likely N-dealkylation sites (tertiary alicyclic amines) is 1. The molecule has 6 heteroatoms. The number of piperidine rings is 1. The van der Waals surface area contributed by atoms with E-state index in [-0.39, 0.29) is 17.2 Å². The van der Waals surface area contributed by atoms with E-state index in [2.05, 4.69) is 17.4 Å². The minimum atomic E-state index is -0.789. The molecule has 1 amide bonds. The molecule has 1 aliphatic heterocycles. The molecule has 0 spiro atoms. The molecule has 1 aliphatic rings. The van der Waals surface area contributed by atoms with Gasteiger partial charge in [0, 0.05) is 25.4 Å². The highest BCUT2D eigenvalue weighted by molar-refractivity contribution is 5.97. The maximum Gasteiger partial charge on any atom is 0.266 e. The monoisotopic (exact) mass is 381 g/mol. The van der Waals surface area contributed by atoms with Gasteiger partial charge >= 0.3 is 0 Å². The van der Waals surface area contributed by atoms with Crippen molar-refractivity contribution in [3.63, 3.8) is 0 Å². The molecule has 144 valence electrons. The molecule has 0 aliphatic carbocycles. The molecule has 2 aromatic carbocycles. The third kappa shape index (κ3) is 4.95. The number of carbonyl (C=O) groups excluding carboxylic acids is 1. The van der Waals surface area contributed by atoms with Gasteiger partial charge in [0.25, 0.3) is 5.91 Å². The first-order valence-electron chi connectivity index (χ1n) is 9.22. The van der Waals surface area contributed by atoms with Crippen LogP contribution in [-0.2, 0) is 11.2 Å². The van der Waals surface area contributed by atoms with Crippen molar-refractivity contribution in [2.75, 3.05) is 18.4 Å². The van der Waals surface area contributed by atoms with E-state index in [1.54, 1.807) is 4.90 Å². The van der Waals surface area contributed by atoms with Crippen LogP contribution in [0.25, 0.3) is 0 Å². The molecule has 3 rings (SSSR count). The van der Waals surface area contributed by atoms with Gasteiger partial charge in [0.15, 0.2) is 0 Å². The summed E-state index contributed by atoms with van der Waals surface area (Å²) in [5, 5.41) is 11.9. The summed E-state index contributed by atoms with van der Waals surface area (Å²) < 4.78 is 26.6. The van der Waals surface area contributed by atoms with E-state index in [0.29, 0.717) is 19.0 Å². The molecule has 2 aromatic rings. The topological polar surface area (TPSA) is 56.1 Å². The Balaban J connectivity index is 1.57. The van der Waals surface area contributed by atoms with Crippen molar-refractivity contribution in [2.45, 2.75) is 19.3 Å². The van der Waals surface area contributed by atoms with Gasteiger partial charge < -0.3 is 10.2 Å². The van der Waals surface area contributed by atoms with Crippen molar-refractivity contribution in [1.82, 2.24) is 4.90 Å². The minimum absolute atomic E-state index is 0.00326. The van der Waals surface area contributed by atoms with Gasteiger partial charge in [-0.2, -0.15) is 5.26 Å². The van der Waals surface area contributed by atoms with Gasteiger partial charge in [0.2, 0.25) is 0 Å². The van der Waals surface area contributed by atoms with Gasteiger partial charge in [-0.3, -0.25) is 4.79 Å². The molecule has 0 radical (unpaired) electrons. The highest BCUT2D eigenvalue weighted by Gasteiger charge is 2.25. The Morgan fingerprint density at radius 3 is 2.54 bits per heavy atom. The van der Waals surface area contributed by atoms with Crippen molar-refractivity contribution in [1.29, 1.82) is 5.26 Å². The lowest BCUT2D eigenvalue weighted by atomic mass is 9.90. The lowest BCUT2D eigenvalue weighted by Crippen LogP contribution is -2.39. The van der Waals surface area contributed by atoms with Crippen LogP contribution >= 0.6 is 0 Å². The Labute approximate surface area is 163 Å². The van der Waals surface area contributed by atoms with Crippen LogP contribution in [0, 0.1) is 28.9 Å². The summed E-state index contributed by atoms with van der Waals surface area (Å²) in [6.07, 6.45) is 3.91. The van der Waals surface area contributed by atoms with Gasteiger partial charge in [-0.25, -0.2) is 8.78 Å². The predicted molar refractivity (Wildman–Crippen MR) is 103 cm³/mol. The normalized spacial score (nSPS) is 15.2. The standard InChI is InChI=1S/C22H21F2N3O/c23-19-6-7-21(20(24)13-19)26-15-18(14-25)22(28)27-10-8-17(9-11-27)12-16-4-2-1-3-5-16/h1-7,13,15,17,26H,8-12H2/b18-15-. The Kier molecular flexibility index (Phi) is 6.38. The van der Waals surface area contributed by atoms with E-state index in [1.807, 2.05) is 24.3 Å². The third-order valence-corrected chi connectivity index (χ3v) is 4.92. The van der Waals surface area contributed by atoms with Gasteiger partial charge in [-0.15, -0.1) is 0 Å². The molecule has 1 heterocycles. The number of hydrogen-bond donors (Lipinski definition) is 1. The first-order chi connectivity index (χ1) is 13.6. The number of nitrogens with zero attached hydrogens (tertiary/aromatic N) is 2. The molecule has 0 bridgehead atoms. The zero-order chi connectivity index (χ0) is 19.9. The first-order valence-corrected chi connectivity index (χ1v) is 9.22. The van der Waals surface area contributed by atoms with Crippen molar-refractivity contribution in [3.05, 3.63) is 77.5 Å². The van der Waals surface area contributed by atoms with Crippen molar-refractivity contribution in [3.8, 4) is 6.07 Å². The van der Waals surface area contributed by atoms with Crippen LogP contribution in [0.4, 0.5) is 14.5 Å². The number of amides is 1. The third-order valence-electron chi connectivity index (χ3n) is 4.92. The van der Waals surface area contributed by atoms with Crippen LogP contribution in [0.1, 0.15) is 18.4 Å². The second-order valence-corrected chi connectivity index (χ2v) is 6.86. The number of anilines is 1. The molecule has 1 fully saturated rings. The molecule has 0 saturated carbocycles. The summed E-state index contributed by atoms with van der Waals surface area (Å²) in [7, 11) is 0. The molecule has 1 saturated heterocycles. The zero-order valence-corrected chi connectivity index (χ0v) is 15.4. The van der Waals surface area contributed by atoms with Crippen LogP contribution in [0.15, 0.2) is 60.3 Å². The maximum atomic E-state index is 13.7. The van der Waals surface area contributed by atoms with Crippen LogP contribution in [-0.4, -0.2) is 23.9 Å². The van der Waals surface area contributed by atoms with Gasteiger partial charge in [-0.05, 0) is 42.9 Å². The van der Waals surface area contributed by atoms with Gasteiger partial charge in [0.05, 0.1) is 5.69 Å². The largest absolute Gasteiger partial charge is 0.358 e. The Hall–Kier alpha value is -3.20. The number of rotatable bonds is 5. The summed E-state index contributed by atoms with van der Waals surface area (Å²) in [6.45, 7) is 1.17. The summed E-state index contributed by atoms with van der Waals surface area (Å²) in [5.41, 5.74) is 1.18. The fourth-order valence-corrected chi connectivity index (χ4v) is 3.36. The molecular weight excluding hydrogens is 360 g/mol. The molecule has 0 atom stereocenters. The average Bonchev–Trinajstić information content (AvgIpc) is 2.71. The van der Waals surface area contributed by atoms with Crippen molar-refractivity contribution < 1.29 is 13.6 Å². The second-order valence-electron chi connectivity index (χ2n) is 6.86. The Bertz CT molecular complexity index is 898. The smallest absolute Gasteiger partial charge is 0.266 e. The molecule has 1 N–H and O–H groups in total. The summed E-state index contributed by atoms with van der Waals surface area (Å²) in [4.78, 5) is 14.2. The second kappa shape index (κ2) is 9.14. The quantitative estimate of drug-likeness (QED) is 0.622. The van der Waals surface area contributed by atoms with Crippen LogP contribution in [0.2, 0.25) is 0 Å². The summed E-state index contributed by atoms with van der Waals surface area (Å²) >= 11 is 0. The average molecular weight is 381 g/mol. The summed E-state index contributed by atoms with van der Waals surface area (Å²) in [5.74, 6) is -1.35. The van der Waals surface area contributed by atoms with Gasteiger partial charge in [-0.1, -0.05) is 30.3 Å². The number of carbonyl (C=O) groups is 1. The lowest BCUT2D eigenvalue weighted by molar-refractivity contribution is -0.128. The van der Waals surface area contributed by atoms with Crippen LogP contribution in [0.3, 0.4) is 0 Å². The fraction of sp³-hybridized carbons (Fsp3) is 0.273.